The number of carbonyl (C=O) groups excluding carboxylic acids is 1. The highest BCUT2D eigenvalue weighted by molar-refractivity contribution is 5.95. The Bertz CT molecular complexity index is 409. The number of hydrogen-bond donors (Lipinski definition) is 0. The fourth-order valence-corrected chi connectivity index (χ4v) is 1.94. The van der Waals surface area contributed by atoms with Crippen LogP contribution in [-0.4, -0.2) is 18.2 Å². The lowest BCUT2D eigenvalue weighted by Crippen LogP contribution is -2.20. The molecule has 3 heteroatoms. The average Bonchev–Trinajstić information content (AvgIpc) is 2.59. The van der Waals surface area contributed by atoms with Gasteiger partial charge in [0.05, 0.1) is 6.61 Å². The molecule has 16 heavy (non-hydrogen) atoms. The minimum atomic E-state index is -0.561. The van der Waals surface area contributed by atoms with Crippen molar-refractivity contribution in [3.63, 3.8) is 0 Å². The smallest absolute Gasteiger partial charge is 0.163 e. The molecule has 1 aliphatic rings. The van der Waals surface area contributed by atoms with E-state index in [-0.39, 0.29) is 11.9 Å². The molecule has 0 N–H and O–H groups in total. The third-order valence-corrected chi connectivity index (χ3v) is 2.70. The van der Waals surface area contributed by atoms with Crippen molar-refractivity contribution in [3.05, 3.63) is 35.4 Å². The van der Waals surface area contributed by atoms with Gasteiger partial charge in [0.15, 0.2) is 11.6 Å². The quantitative estimate of drug-likeness (QED) is 0.719. The monoisotopic (exact) mass is 220 g/mol. The molecular weight excluding hydrogens is 204 g/mol. The zero-order valence-electron chi connectivity index (χ0n) is 9.82. The summed E-state index contributed by atoms with van der Waals surface area (Å²) in [6, 6.07) is 7.52. The third kappa shape index (κ3) is 2.15. The Balaban J connectivity index is 2.31. The van der Waals surface area contributed by atoms with Crippen molar-refractivity contribution in [2.24, 2.45) is 0 Å². The lowest BCUT2D eigenvalue weighted by atomic mass is 10.0. The van der Waals surface area contributed by atoms with Crippen LogP contribution in [0.25, 0.3) is 0 Å². The normalized spacial score (nSPS) is 23.3. The van der Waals surface area contributed by atoms with Crippen molar-refractivity contribution in [2.75, 3.05) is 6.61 Å². The van der Waals surface area contributed by atoms with Crippen LogP contribution < -0.4 is 0 Å². The Hall–Kier alpha value is -1.19. The number of ether oxygens (including phenoxy) is 2. The summed E-state index contributed by atoms with van der Waals surface area (Å²) < 4.78 is 11.3. The molecule has 3 nitrogen and oxygen atoms in total. The molecule has 1 atom stereocenters. The van der Waals surface area contributed by atoms with Crippen LogP contribution in [0, 0.1) is 0 Å². The van der Waals surface area contributed by atoms with Gasteiger partial charge in [0.2, 0.25) is 0 Å². The number of carbonyl (C=O) groups is 1. The van der Waals surface area contributed by atoms with Crippen LogP contribution in [0.3, 0.4) is 0 Å². The highest BCUT2D eigenvalue weighted by Gasteiger charge is 2.34. The Kier molecular flexibility index (Phi) is 2.82. The average molecular weight is 220 g/mol. The summed E-state index contributed by atoms with van der Waals surface area (Å²) in [7, 11) is 0. The third-order valence-electron chi connectivity index (χ3n) is 2.70. The molecule has 0 spiro atoms. The van der Waals surface area contributed by atoms with Gasteiger partial charge in [-0.3, -0.25) is 4.79 Å². The summed E-state index contributed by atoms with van der Waals surface area (Å²) in [5, 5.41) is 0. The second-order valence-corrected chi connectivity index (χ2v) is 4.46. The summed E-state index contributed by atoms with van der Waals surface area (Å²) in [6.45, 7) is 5.82. The predicted molar refractivity (Wildman–Crippen MR) is 60.3 cm³/mol. The molecule has 1 aromatic rings. The van der Waals surface area contributed by atoms with Crippen molar-refractivity contribution in [3.8, 4) is 0 Å². The summed E-state index contributed by atoms with van der Waals surface area (Å²) in [5.41, 5.74) is 1.63. The first-order valence-electron chi connectivity index (χ1n) is 5.41. The van der Waals surface area contributed by atoms with Crippen LogP contribution in [0.5, 0.6) is 0 Å². The highest BCUT2D eigenvalue weighted by Crippen LogP contribution is 2.34. The molecule has 0 saturated carbocycles. The van der Waals surface area contributed by atoms with Crippen LogP contribution in [-0.2, 0) is 9.47 Å². The standard InChI is InChI=1S/C13H16O3/c1-9(14)10-6-4-5-7-11(10)12-8-15-13(2,3)16-12/h4-7,12H,8H2,1-3H3. The zero-order valence-corrected chi connectivity index (χ0v) is 9.82. The molecule has 1 aliphatic heterocycles. The second kappa shape index (κ2) is 4.00. The van der Waals surface area contributed by atoms with E-state index in [9.17, 15) is 4.79 Å². The van der Waals surface area contributed by atoms with E-state index in [2.05, 4.69) is 0 Å². The fourth-order valence-electron chi connectivity index (χ4n) is 1.94. The molecule has 0 aromatic heterocycles. The van der Waals surface area contributed by atoms with E-state index < -0.39 is 5.79 Å². The molecule has 1 heterocycles. The number of benzene rings is 1. The molecule has 2 rings (SSSR count). The van der Waals surface area contributed by atoms with Crippen molar-refractivity contribution in [2.45, 2.75) is 32.7 Å². The summed E-state index contributed by atoms with van der Waals surface area (Å²) in [4.78, 5) is 11.5. The summed E-state index contributed by atoms with van der Waals surface area (Å²) >= 11 is 0. The largest absolute Gasteiger partial charge is 0.347 e. The van der Waals surface area contributed by atoms with Gasteiger partial charge < -0.3 is 9.47 Å². The van der Waals surface area contributed by atoms with Crippen LogP contribution in [0.15, 0.2) is 24.3 Å². The first kappa shape index (κ1) is 11.3. The Labute approximate surface area is 95.4 Å². The number of Topliss-reactive ketones (excluding diaryl/α,β-unsaturated/α-hetero) is 1. The van der Waals surface area contributed by atoms with Gasteiger partial charge in [0, 0.05) is 5.56 Å². The van der Waals surface area contributed by atoms with Crippen LogP contribution >= 0.6 is 0 Å². The Morgan fingerprint density at radius 2 is 2.06 bits per heavy atom. The van der Waals surface area contributed by atoms with Crippen molar-refractivity contribution in [1.82, 2.24) is 0 Å². The Morgan fingerprint density at radius 3 is 2.62 bits per heavy atom. The van der Waals surface area contributed by atoms with Crippen molar-refractivity contribution in [1.29, 1.82) is 0 Å². The minimum Gasteiger partial charge on any atom is -0.347 e. The van der Waals surface area contributed by atoms with E-state index in [1.54, 1.807) is 6.92 Å². The first-order chi connectivity index (χ1) is 7.49. The van der Waals surface area contributed by atoms with E-state index in [0.29, 0.717) is 12.2 Å². The van der Waals surface area contributed by atoms with Gasteiger partial charge in [-0.15, -0.1) is 0 Å². The maximum Gasteiger partial charge on any atom is 0.163 e. The van der Waals surface area contributed by atoms with Crippen molar-refractivity contribution < 1.29 is 14.3 Å². The Morgan fingerprint density at radius 1 is 1.38 bits per heavy atom. The van der Waals surface area contributed by atoms with E-state index in [1.807, 2.05) is 38.1 Å². The highest BCUT2D eigenvalue weighted by atomic mass is 16.7. The van der Waals surface area contributed by atoms with Gasteiger partial charge in [-0.25, -0.2) is 0 Å². The van der Waals surface area contributed by atoms with Crippen LogP contribution in [0.2, 0.25) is 0 Å². The first-order valence-corrected chi connectivity index (χ1v) is 5.41. The van der Waals surface area contributed by atoms with Gasteiger partial charge in [0.25, 0.3) is 0 Å². The van der Waals surface area contributed by atoms with Gasteiger partial charge in [-0.2, -0.15) is 0 Å². The number of hydrogen-bond acceptors (Lipinski definition) is 3. The van der Waals surface area contributed by atoms with Crippen LogP contribution in [0.1, 0.15) is 42.8 Å². The van der Waals surface area contributed by atoms with Crippen LogP contribution in [0.4, 0.5) is 0 Å². The van der Waals surface area contributed by atoms with Gasteiger partial charge >= 0.3 is 0 Å². The maximum atomic E-state index is 11.5. The molecule has 1 saturated heterocycles. The number of ketones is 1. The molecular formula is C13H16O3. The molecule has 0 amide bonds. The van der Waals surface area contributed by atoms with Gasteiger partial charge in [-0.05, 0) is 26.3 Å². The predicted octanol–water partition coefficient (Wildman–Crippen LogP) is 2.71. The zero-order chi connectivity index (χ0) is 11.8. The molecule has 0 radical (unpaired) electrons. The summed E-state index contributed by atoms with van der Waals surface area (Å²) in [5.74, 6) is -0.502. The maximum absolute atomic E-state index is 11.5. The molecule has 1 unspecified atom stereocenters. The lowest BCUT2D eigenvalue weighted by molar-refractivity contribution is -0.139. The van der Waals surface area contributed by atoms with E-state index in [4.69, 9.17) is 9.47 Å². The van der Waals surface area contributed by atoms with E-state index in [0.717, 1.165) is 5.56 Å². The second-order valence-electron chi connectivity index (χ2n) is 4.46. The lowest BCUT2D eigenvalue weighted by Gasteiger charge is -2.18. The molecule has 86 valence electrons. The molecule has 0 aliphatic carbocycles. The molecule has 1 aromatic carbocycles. The SMILES string of the molecule is CC(=O)c1ccccc1C1COC(C)(C)O1. The van der Waals surface area contributed by atoms with E-state index >= 15 is 0 Å². The van der Waals surface area contributed by atoms with E-state index in [1.165, 1.54) is 0 Å². The van der Waals surface area contributed by atoms with Gasteiger partial charge in [-0.1, -0.05) is 24.3 Å². The topological polar surface area (TPSA) is 35.5 Å². The fraction of sp³-hybridized carbons (Fsp3) is 0.462. The molecule has 0 bridgehead atoms. The minimum absolute atomic E-state index is 0.0592. The van der Waals surface area contributed by atoms with Gasteiger partial charge in [0.1, 0.15) is 6.10 Å². The molecule has 1 fully saturated rings. The summed E-state index contributed by atoms with van der Waals surface area (Å²) in [6.07, 6.45) is -0.143. The number of rotatable bonds is 2. The van der Waals surface area contributed by atoms with Crippen molar-refractivity contribution >= 4 is 5.78 Å².